The lowest BCUT2D eigenvalue weighted by Gasteiger charge is -2.26. The standard InChI is InChI=1S/C19H18N4O5/c1-2-26-15(24)9-23-11-21-18-16(19(23)25)22-14(10-28-18)12-3-5-13(6-4-12)17-20-7-8-27-17/h3-8,11,14,22H,2,9-10H2,1H3/t14-/m1/s1. The lowest BCUT2D eigenvalue weighted by Crippen LogP contribution is -2.34. The predicted molar refractivity (Wildman–Crippen MR) is 98.9 cm³/mol. The Hall–Kier alpha value is -3.62. The van der Waals surface area contributed by atoms with Crippen molar-refractivity contribution < 1.29 is 18.7 Å². The number of nitrogens with one attached hydrogen (secondary N) is 1. The predicted octanol–water partition coefficient (Wildman–Crippen LogP) is 2.01. The zero-order valence-corrected chi connectivity index (χ0v) is 15.1. The first-order valence-electron chi connectivity index (χ1n) is 8.80. The molecule has 0 saturated heterocycles. The van der Waals surface area contributed by atoms with Crippen molar-refractivity contribution in [3.8, 4) is 17.3 Å². The van der Waals surface area contributed by atoms with Crippen LogP contribution in [0.5, 0.6) is 5.88 Å². The normalized spacial score (nSPS) is 15.2. The highest BCUT2D eigenvalue weighted by Gasteiger charge is 2.25. The number of hydrogen-bond acceptors (Lipinski definition) is 8. The van der Waals surface area contributed by atoms with Crippen LogP contribution in [0.25, 0.3) is 11.5 Å². The summed E-state index contributed by atoms with van der Waals surface area (Å²) < 4.78 is 17.0. The van der Waals surface area contributed by atoms with Gasteiger partial charge in [-0.15, -0.1) is 0 Å². The summed E-state index contributed by atoms with van der Waals surface area (Å²) in [4.78, 5) is 32.6. The molecule has 0 unspecified atom stereocenters. The van der Waals surface area contributed by atoms with Gasteiger partial charge in [0, 0.05) is 5.56 Å². The number of ether oxygens (including phenoxy) is 2. The topological polar surface area (TPSA) is 108 Å². The van der Waals surface area contributed by atoms with Crippen LogP contribution in [0, 0.1) is 0 Å². The molecule has 1 atom stereocenters. The lowest BCUT2D eigenvalue weighted by atomic mass is 10.0. The van der Waals surface area contributed by atoms with E-state index in [-0.39, 0.29) is 36.3 Å². The number of hydrogen-bond donors (Lipinski definition) is 1. The number of fused-ring (bicyclic) bond motifs is 1. The molecule has 0 amide bonds. The number of anilines is 1. The second kappa shape index (κ2) is 7.55. The SMILES string of the molecule is CCOC(=O)Cn1cnc2c(c1=O)N[C@@H](c1ccc(-c3ncco3)cc1)CO2. The highest BCUT2D eigenvalue weighted by molar-refractivity contribution is 5.69. The summed E-state index contributed by atoms with van der Waals surface area (Å²) >= 11 is 0. The minimum atomic E-state index is -0.498. The molecule has 0 spiro atoms. The molecule has 1 N–H and O–H groups in total. The molecule has 4 rings (SSSR count). The molecule has 1 aromatic carbocycles. The average molecular weight is 382 g/mol. The van der Waals surface area contributed by atoms with Crippen LogP contribution in [0.3, 0.4) is 0 Å². The molecule has 0 radical (unpaired) electrons. The first-order valence-corrected chi connectivity index (χ1v) is 8.80. The van der Waals surface area contributed by atoms with E-state index in [2.05, 4.69) is 15.3 Å². The van der Waals surface area contributed by atoms with Crippen molar-refractivity contribution >= 4 is 11.7 Å². The molecule has 3 heterocycles. The van der Waals surface area contributed by atoms with Crippen molar-refractivity contribution in [2.45, 2.75) is 19.5 Å². The summed E-state index contributed by atoms with van der Waals surface area (Å²) in [5.41, 5.74) is 1.62. The van der Waals surface area contributed by atoms with Gasteiger partial charge in [0.15, 0.2) is 5.69 Å². The average Bonchev–Trinajstić information content (AvgIpc) is 3.25. The Morgan fingerprint density at radius 1 is 1.32 bits per heavy atom. The number of aromatic nitrogens is 3. The molecule has 0 fully saturated rings. The van der Waals surface area contributed by atoms with Gasteiger partial charge in [-0.25, -0.2) is 9.97 Å². The second-order valence-electron chi connectivity index (χ2n) is 6.13. The maximum Gasteiger partial charge on any atom is 0.326 e. The van der Waals surface area contributed by atoms with Gasteiger partial charge < -0.3 is 19.2 Å². The number of rotatable bonds is 5. The van der Waals surface area contributed by atoms with Crippen molar-refractivity contribution in [1.29, 1.82) is 0 Å². The molecule has 0 aliphatic carbocycles. The Labute approximate surface area is 159 Å². The lowest BCUT2D eigenvalue weighted by molar-refractivity contribution is -0.143. The smallest absolute Gasteiger partial charge is 0.326 e. The van der Waals surface area contributed by atoms with E-state index < -0.39 is 5.97 Å². The third kappa shape index (κ3) is 3.46. The Morgan fingerprint density at radius 3 is 2.86 bits per heavy atom. The van der Waals surface area contributed by atoms with E-state index in [0.717, 1.165) is 11.1 Å². The molecule has 1 aliphatic rings. The highest BCUT2D eigenvalue weighted by Crippen LogP contribution is 2.30. The molecule has 9 heteroatoms. The van der Waals surface area contributed by atoms with Gasteiger partial charge in [-0.3, -0.25) is 14.2 Å². The Bertz CT molecular complexity index is 1030. The monoisotopic (exact) mass is 382 g/mol. The zero-order chi connectivity index (χ0) is 19.5. The number of carbonyl (C=O) groups is 1. The molecule has 0 saturated carbocycles. The van der Waals surface area contributed by atoms with Crippen LogP contribution in [0.15, 0.2) is 52.3 Å². The van der Waals surface area contributed by atoms with E-state index in [1.807, 2.05) is 24.3 Å². The highest BCUT2D eigenvalue weighted by atomic mass is 16.5. The maximum absolute atomic E-state index is 12.7. The third-order valence-corrected chi connectivity index (χ3v) is 4.31. The van der Waals surface area contributed by atoms with E-state index in [9.17, 15) is 9.59 Å². The van der Waals surface area contributed by atoms with Crippen molar-refractivity contribution in [3.05, 3.63) is 59.0 Å². The Kier molecular flexibility index (Phi) is 4.79. The zero-order valence-electron chi connectivity index (χ0n) is 15.1. The fourth-order valence-corrected chi connectivity index (χ4v) is 2.95. The number of nitrogens with zero attached hydrogens (tertiary/aromatic N) is 3. The van der Waals surface area contributed by atoms with Crippen molar-refractivity contribution in [1.82, 2.24) is 14.5 Å². The van der Waals surface area contributed by atoms with Crippen molar-refractivity contribution in [2.75, 3.05) is 18.5 Å². The number of carbonyl (C=O) groups excluding carboxylic acids is 1. The first kappa shape index (κ1) is 17.8. The fraction of sp³-hybridized carbons (Fsp3) is 0.263. The van der Waals surface area contributed by atoms with Gasteiger partial charge in [0.25, 0.3) is 5.56 Å². The number of oxazole rings is 1. The molecule has 28 heavy (non-hydrogen) atoms. The molecular weight excluding hydrogens is 364 g/mol. The molecule has 0 bridgehead atoms. The summed E-state index contributed by atoms with van der Waals surface area (Å²) in [7, 11) is 0. The molecule has 144 valence electrons. The Morgan fingerprint density at radius 2 is 2.14 bits per heavy atom. The minimum absolute atomic E-state index is 0.204. The summed E-state index contributed by atoms with van der Waals surface area (Å²) in [5, 5.41) is 3.17. The minimum Gasteiger partial charge on any atom is -0.473 e. The van der Waals surface area contributed by atoms with Gasteiger partial charge in [-0.1, -0.05) is 12.1 Å². The van der Waals surface area contributed by atoms with Crippen LogP contribution >= 0.6 is 0 Å². The van der Waals surface area contributed by atoms with Crippen molar-refractivity contribution in [2.24, 2.45) is 0 Å². The number of esters is 1. The summed E-state index contributed by atoms with van der Waals surface area (Å²) in [5.74, 6) is 0.260. The molecule has 2 aromatic heterocycles. The van der Waals surface area contributed by atoms with Gasteiger partial charge in [-0.2, -0.15) is 0 Å². The van der Waals surface area contributed by atoms with Crippen LogP contribution in [-0.4, -0.2) is 33.7 Å². The van der Waals surface area contributed by atoms with Crippen LogP contribution in [0.4, 0.5) is 5.69 Å². The third-order valence-electron chi connectivity index (χ3n) is 4.31. The van der Waals surface area contributed by atoms with E-state index >= 15 is 0 Å². The van der Waals surface area contributed by atoms with Gasteiger partial charge in [0.1, 0.15) is 25.7 Å². The van der Waals surface area contributed by atoms with E-state index in [4.69, 9.17) is 13.9 Å². The summed E-state index contributed by atoms with van der Waals surface area (Å²) in [6.07, 6.45) is 4.39. The molecule has 9 nitrogen and oxygen atoms in total. The van der Waals surface area contributed by atoms with Crippen LogP contribution in [-0.2, 0) is 16.1 Å². The largest absolute Gasteiger partial charge is 0.473 e. The molecular formula is C19H18N4O5. The summed E-state index contributed by atoms with van der Waals surface area (Å²) in [6.45, 7) is 2.07. The molecule has 3 aromatic rings. The van der Waals surface area contributed by atoms with Gasteiger partial charge >= 0.3 is 5.97 Å². The van der Waals surface area contributed by atoms with E-state index in [1.54, 1.807) is 13.1 Å². The van der Waals surface area contributed by atoms with Crippen LogP contribution in [0.2, 0.25) is 0 Å². The van der Waals surface area contributed by atoms with Crippen LogP contribution in [0.1, 0.15) is 18.5 Å². The number of benzene rings is 1. The van der Waals surface area contributed by atoms with E-state index in [0.29, 0.717) is 12.5 Å². The maximum atomic E-state index is 12.7. The fourth-order valence-electron chi connectivity index (χ4n) is 2.95. The first-order chi connectivity index (χ1) is 13.7. The van der Waals surface area contributed by atoms with E-state index in [1.165, 1.54) is 17.2 Å². The van der Waals surface area contributed by atoms with Crippen LogP contribution < -0.4 is 15.6 Å². The Balaban J connectivity index is 1.55. The van der Waals surface area contributed by atoms with Gasteiger partial charge in [-0.05, 0) is 24.6 Å². The quantitative estimate of drug-likeness (QED) is 0.668. The van der Waals surface area contributed by atoms with Gasteiger partial charge in [0.2, 0.25) is 11.8 Å². The molecule has 1 aliphatic heterocycles. The second-order valence-corrected chi connectivity index (χ2v) is 6.13. The van der Waals surface area contributed by atoms with Crippen molar-refractivity contribution in [3.63, 3.8) is 0 Å². The van der Waals surface area contributed by atoms with Gasteiger partial charge in [0.05, 0.1) is 18.8 Å². The summed E-state index contributed by atoms with van der Waals surface area (Å²) in [6, 6.07) is 7.37.